The van der Waals surface area contributed by atoms with E-state index in [0.717, 1.165) is 5.69 Å². The lowest BCUT2D eigenvalue weighted by atomic mass is 10.1. The molecule has 0 aliphatic carbocycles. The number of aliphatic carboxylic acids is 1. The van der Waals surface area contributed by atoms with Crippen LogP contribution in [0.15, 0.2) is 17.3 Å². The van der Waals surface area contributed by atoms with Crippen LogP contribution in [0.2, 0.25) is 0 Å². The predicted molar refractivity (Wildman–Crippen MR) is 67.2 cm³/mol. The van der Waals surface area contributed by atoms with Crippen LogP contribution in [-0.4, -0.2) is 26.8 Å². The van der Waals surface area contributed by atoms with E-state index in [1.54, 1.807) is 17.9 Å². The number of carbonyl (C=O) groups is 2. The predicted octanol–water partition coefficient (Wildman–Crippen LogP) is 1.34. The van der Waals surface area contributed by atoms with E-state index < -0.39 is 11.9 Å². The smallest absolute Gasteiger partial charge is 0.331 e. The summed E-state index contributed by atoms with van der Waals surface area (Å²) in [4.78, 5) is 22.6. The third-order valence-corrected chi connectivity index (χ3v) is 2.71. The lowest BCUT2D eigenvalue weighted by Gasteiger charge is -2.06. The molecule has 0 spiro atoms. The Hall–Kier alpha value is -2.11. The number of aryl methyl sites for hydroxylation is 2. The fourth-order valence-corrected chi connectivity index (χ4v) is 1.45. The first-order valence-electron chi connectivity index (χ1n) is 5.61. The summed E-state index contributed by atoms with van der Waals surface area (Å²) in [5, 5.41) is 15.7. The summed E-state index contributed by atoms with van der Waals surface area (Å²) in [7, 11) is 1.76. The van der Waals surface area contributed by atoms with Crippen LogP contribution in [0.25, 0.3) is 0 Å². The van der Waals surface area contributed by atoms with E-state index in [4.69, 9.17) is 5.11 Å². The molecule has 1 heterocycles. The van der Waals surface area contributed by atoms with E-state index in [2.05, 4.69) is 10.4 Å². The molecular weight excluding hydrogens is 234 g/mol. The van der Waals surface area contributed by atoms with Gasteiger partial charge in [0.25, 0.3) is 5.91 Å². The fourth-order valence-electron chi connectivity index (χ4n) is 1.45. The molecule has 0 radical (unpaired) electrons. The maximum atomic E-state index is 11.9. The number of carboxylic acid groups (broad SMARTS) is 1. The maximum Gasteiger partial charge on any atom is 0.331 e. The Morgan fingerprint density at radius 1 is 1.39 bits per heavy atom. The van der Waals surface area contributed by atoms with E-state index in [1.165, 1.54) is 13.8 Å². The van der Waals surface area contributed by atoms with Gasteiger partial charge in [-0.25, -0.2) is 4.79 Å². The molecule has 18 heavy (non-hydrogen) atoms. The molecule has 6 heteroatoms. The summed E-state index contributed by atoms with van der Waals surface area (Å²) < 4.78 is 1.61. The summed E-state index contributed by atoms with van der Waals surface area (Å²) in [5.74, 6) is -1.51. The lowest BCUT2D eigenvalue weighted by Crippen LogP contribution is -2.16. The van der Waals surface area contributed by atoms with Crippen molar-refractivity contribution in [3.8, 4) is 0 Å². The number of hydrogen-bond acceptors (Lipinski definition) is 3. The summed E-state index contributed by atoms with van der Waals surface area (Å²) in [6, 6.07) is 0. The van der Waals surface area contributed by atoms with Crippen LogP contribution < -0.4 is 5.32 Å². The zero-order chi connectivity index (χ0) is 13.9. The minimum absolute atomic E-state index is 0.0365. The fraction of sp³-hybridized carbons (Fsp3) is 0.417. The normalized spacial score (nSPS) is 12.0. The van der Waals surface area contributed by atoms with Gasteiger partial charge in [-0.3, -0.25) is 9.48 Å². The lowest BCUT2D eigenvalue weighted by molar-refractivity contribution is -0.133. The second-order valence-electron chi connectivity index (χ2n) is 4.03. The number of aromatic nitrogens is 2. The Kier molecular flexibility index (Phi) is 4.25. The molecule has 1 aromatic rings. The molecule has 1 aromatic heterocycles. The van der Waals surface area contributed by atoms with Crippen molar-refractivity contribution >= 4 is 17.6 Å². The molecule has 0 bridgehead atoms. The first-order valence-corrected chi connectivity index (χ1v) is 5.61. The second kappa shape index (κ2) is 5.48. The summed E-state index contributed by atoms with van der Waals surface area (Å²) in [6.07, 6.45) is 2.39. The Balaban J connectivity index is 2.94. The highest BCUT2D eigenvalue weighted by atomic mass is 16.4. The van der Waals surface area contributed by atoms with E-state index in [0.29, 0.717) is 12.1 Å². The summed E-state index contributed by atoms with van der Waals surface area (Å²) in [6.45, 7) is 4.82. The Labute approximate surface area is 105 Å². The number of rotatable bonds is 4. The number of carbonyl (C=O) groups excluding carboxylic acids is 1. The molecule has 0 atom stereocenters. The SMILES string of the molecule is CCc1nn(C)cc1NC(=O)/C(C)=C(/C)C(=O)O. The van der Waals surface area contributed by atoms with Gasteiger partial charge in [0.05, 0.1) is 11.4 Å². The van der Waals surface area contributed by atoms with Gasteiger partial charge >= 0.3 is 5.97 Å². The number of nitrogens with zero attached hydrogens (tertiary/aromatic N) is 2. The van der Waals surface area contributed by atoms with Crippen LogP contribution in [0.4, 0.5) is 5.69 Å². The maximum absolute atomic E-state index is 11.9. The number of carboxylic acids is 1. The average Bonchev–Trinajstić information content (AvgIpc) is 2.67. The van der Waals surface area contributed by atoms with E-state index >= 15 is 0 Å². The Morgan fingerprint density at radius 3 is 2.50 bits per heavy atom. The highest BCUT2D eigenvalue weighted by Gasteiger charge is 2.15. The van der Waals surface area contributed by atoms with Crippen molar-refractivity contribution in [3.63, 3.8) is 0 Å². The molecule has 98 valence electrons. The zero-order valence-electron chi connectivity index (χ0n) is 10.9. The van der Waals surface area contributed by atoms with Gasteiger partial charge in [0.15, 0.2) is 0 Å². The highest BCUT2D eigenvalue weighted by molar-refractivity contribution is 6.08. The van der Waals surface area contributed by atoms with Gasteiger partial charge in [0, 0.05) is 24.4 Å². The van der Waals surface area contributed by atoms with Gasteiger partial charge in [-0.15, -0.1) is 0 Å². The minimum atomic E-state index is -1.09. The van der Waals surface area contributed by atoms with Gasteiger partial charge < -0.3 is 10.4 Å². The summed E-state index contributed by atoms with van der Waals surface area (Å²) >= 11 is 0. The second-order valence-corrected chi connectivity index (χ2v) is 4.03. The van der Waals surface area contributed by atoms with Crippen molar-refractivity contribution in [1.82, 2.24) is 9.78 Å². The molecule has 0 aliphatic heterocycles. The van der Waals surface area contributed by atoms with Gasteiger partial charge in [0.1, 0.15) is 0 Å². The molecule has 1 rings (SSSR count). The first-order chi connectivity index (χ1) is 8.36. The van der Waals surface area contributed by atoms with Gasteiger partial charge in [-0.1, -0.05) is 6.92 Å². The van der Waals surface area contributed by atoms with Crippen LogP contribution in [0.3, 0.4) is 0 Å². The van der Waals surface area contributed by atoms with Crippen LogP contribution in [0.1, 0.15) is 26.5 Å². The van der Waals surface area contributed by atoms with Crippen molar-refractivity contribution < 1.29 is 14.7 Å². The van der Waals surface area contributed by atoms with Crippen molar-refractivity contribution in [3.05, 3.63) is 23.0 Å². The number of amides is 1. The van der Waals surface area contributed by atoms with Crippen LogP contribution in [-0.2, 0) is 23.1 Å². The van der Waals surface area contributed by atoms with Crippen LogP contribution in [0, 0.1) is 0 Å². The topological polar surface area (TPSA) is 84.2 Å². The molecule has 2 N–H and O–H groups in total. The van der Waals surface area contributed by atoms with Crippen molar-refractivity contribution in [2.45, 2.75) is 27.2 Å². The van der Waals surface area contributed by atoms with Crippen molar-refractivity contribution in [2.24, 2.45) is 7.05 Å². The van der Waals surface area contributed by atoms with Gasteiger partial charge in [-0.2, -0.15) is 5.10 Å². The molecular formula is C12H17N3O3. The van der Waals surface area contributed by atoms with Gasteiger partial charge in [0.2, 0.25) is 0 Å². The minimum Gasteiger partial charge on any atom is -0.478 e. The highest BCUT2D eigenvalue weighted by Crippen LogP contribution is 2.15. The largest absolute Gasteiger partial charge is 0.478 e. The number of nitrogens with one attached hydrogen (secondary N) is 1. The van der Waals surface area contributed by atoms with Crippen LogP contribution >= 0.6 is 0 Å². The molecule has 0 aromatic carbocycles. The van der Waals surface area contributed by atoms with Crippen LogP contribution in [0.5, 0.6) is 0 Å². The van der Waals surface area contributed by atoms with Gasteiger partial charge in [-0.05, 0) is 20.3 Å². The standard InChI is InChI=1S/C12H17N3O3/c1-5-9-10(6-15(4)14-9)13-11(16)7(2)8(3)12(17)18/h6H,5H2,1-4H3,(H,13,16)(H,17,18)/b8-7-. The quantitative estimate of drug-likeness (QED) is 0.791. The molecule has 1 amide bonds. The molecule has 0 saturated heterocycles. The Morgan fingerprint density at radius 2 is 2.00 bits per heavy atom. The third-order valence-electron chi connectivity index (χ3n) is 2.71. The van der Waals surface area contributed by atoms with Crippen molar-refractivity contribution in [2.75, 3.05) is 5.32 Å². The van der Waals surface area contributed by atoms with E-state index in [-0.39, 0.29) is 11.1 Å². The molecule has 0 fully saturated rings. The number of hydrogen-bond donors (Lipinski definition) is 2. The zero-order valence-corrected chi connectivity index (χ0v) is 10.9. The molecule has 0 aliphatic rings. The first kappa shape index (κ1) is 14.0. The van der Waals surface area contributed by atoms with E-state index in [1.807, 2.05) is 6.92 Å². The van der Waals surface area contributed by atoms with E-state index in [9.17, 15) is 9.59 Å². The average molecular weight is 251 g/mol. The molecule has 0 saturated carbocycles. The molecule has 6 nitrogen and oxygen atoms in total. The number of anilines is 1. The monoisotopic (exact) mass is 251 g/mol. The summed E-state index contributed by atoms with van der Waals surface area (Å²) in [5.41, 5.74) is 1.61. The molecule has 0 unspecified atom stereocenters. The third kappa shape index (κ3) is 2.97. The van der Waals surface area contributed by atoms with Crippen molar-refractivity contribution in [1.29, 1.82) is 0 Å². The Bertz CT molecular complexity index is 515.